The third-order valence-electron chi connectivity index (χ3n) is 5.20. The van der Waals surface area contributed by atoms with Gasteiger partial charge in [0.1, 0.15) is 22.8 Å². The molecule has 7 heteroatoms. The molecule has 2 aliphatic rings. The minimum absolute atomic E-state index is 0.0158. The van der Waals surface area contributed by atoms with Crippen LogP contribution in [0.1, 0.15) is 11.1 Å². The minimum atomic E-state index is -0.517. The second-order valence-corrected chi connectivity index (χ2v) is 7.72. The Kier molecular flexibility index (Phi) is 5.17. The van der Waals surface area contributed by atoms with Crippen LogP contribution < -0.4 is 19.7 Å². The molecule has 0 aliphatic carbocycles. The van der Waals surface area contributed by atoms with Gasteiger partial charge < -0.3 is 9.47 Å². The summed E-state index contributed by atoms with van der Waals surface area (Å²) in [5, 5.41) is 2.65. The normalized spacial score (nSPS) is 16.6. The van der Waals surface area contributed by atoms with Crippen LogP contribution >= 0.6 is 12.2 Å². The smallest absolute Gasteiger partial charge is 0.270 e. The van der Waals surface area contributed by atoms with Gasteiger partial charge in [0.25, 0.3) is 11.8 Å². The van der Waals surface area contributed by atoms with E-state index in [1.165, 1.54) is 4.90 Å². The molecule has 3 aromatic carbocycles. The van der Waals surface area contributed by atoms with Gasteiger partial charge in [-0.15, -0.1) is 0 Å². The van der Waals surface area contributed by atoms with E-state index in [1.54, 1.807) is 30.3 Å². The molecule has 3 aromatic rings. The summed E-state index contributed by atoms with van der Waals surface area (Å²) in [5.74, 6) is 1.17. The second-order valence-electron chi connectivity index (χ2n) is 7.33. The molecule has 0 saturated carbocycles. The molecule has 0 spiro atoms. The molecule has 0 bridgehead atoms. The highest BCUT2D eigenvalue weighted by Crippen LogP contribution is 2.29. The van der Waals surface area contributed by atoms with Gasteiger partial charge in [0.2, 0.25) is 0 Å². The van der Waals surface area contributed by atoms with Gasteiger partial charge in [-0.3, -0.25) is 19.8 Å². The maximum absolute atomic E-state index is 13.2. The van der Waals surface area contributed by atoms with Crippen LogP contribution in [-0.2, 0) is 16.0 Å². The highest BCUT2D eigenvalue weighted by Gasteiger charge is 2.34. The van der Waals surface area contributed by atoms with Crippen molar-refractivity contribution in [3.05, 3.63) is 89.5 Å². The summed E-state index contributed by atoms with van der Waals surface area (Å²) in [6.45, 7) is 0.640. The summed E-state index contributed by atoms with van der Waals surface area (Å²) in [6, 6.07) is 22.0. The Labute approximate surface area is 190 Å². The Morgan fingerprint density at radius 3 is 2.50 bits per heavy atom. The first-order chi connectivity index (χ1) is 15.6. The maximum atomic E-state index is 13.2. The summed E-state index contributed by atoms with van der Waals surface area (Å²) in [6.07, 6.45) is 2.39. The monoisotopic (exact) mass is 442 g/mol. The number of nitrogens with zero attached hydrogens (tertiary/aromatic N) is 1. The van der Waals surface area contributed by atoms with Crippen molar-refractivity contribution in [3.63, 3.8) is 0 Å². The van der Waals surface area contributed by atoms with E-state index in [2.05, 4.69) is 5.32 Å². The van der Waals surface area contributed by atoms with Crippen LogP contribution in [0.4, 0.5) is 5.69 Å². The zero-order valence-corrected chi connectivity index (χ0v) is 17.7. The standard InChI is InChI=1S/C25H18N2O4S/c28-23-21(15-16-6-11-22-17(14-16)12-13-30-22)24(29)27(25(32)26-23)18-7-9-20(10-8-18)31-19-4-2-1-3-5-19/h1-11,14-15H,12-13H2,(H,26,28,32)/b21-15-. The lowest BCUT2D eigenvalue weighted by atomic mass is 10.0. The summed E-state index contributed by atoms with van der Waals surface area (Å²) in [4.78, 5) is 27.1. The van der Waals surface area contributed by atoms with Crippen LogP contribution in [0.2, 0.25) is 0 Å². The predicted molar refractivity (Wildman–Crippen MR) is 125 cm³/mol. The number of nitrogens with one attached hydrogen (secondary N) is 1. The largest absolute Gasteiger partial charge is 0.493 e. The lowest BCUT2D eigenvalue weighted by Crippen LogP contribution is -2.54. The molecule has 1 fully saturated rings. The fraction of sp³-hybridized carbons (Fsp3) is 0.0800. The molecule has 1 N–H and O–H groups in total. The molecule has 0 radical (unpaired) electrons. The highest BCUT2D eigenvalue weighted by atomic mass is 32.1. The van der Waals surface area contributed by atoms with Gasteiger partial charge in [-0.25, -0.2) is 0 Å². The summed E-state index contributed by atoms with van der Waals surface area (Å²) in [7, 11) is 0. The Bertz CT molecular complexity index is 1250. The molecule has 6 nitrogen and oxygen atoms in total. The van der Waals surface area contributed by atoms with Crippen molar-refractivity contribution in [1.82, 2.24) is 5.32 Å². The van der Waals surface area contributed by atoms with Gasteiger partial charge in [-0.05, 0) is 78.0 Å². The van der Waals surface area contributed by atoms with E-state index in [9.17, 15) is 9.59 Å². The van der Waals surface area contributed by atoms with Gasteiger partial charge in [0.05, 0.1) is 12.3 Å². The van der Waals surface area contributed by atoms with Crippen molar-refractivity contribution in [2.24, 2.45) is 0 Å². The van der Waals surface area contributed by atoms with E-state index in [0.717, 1.165) is 23.3 Å². The minimum Gasteiger partial charge on any atom is -0.493 e. The second kappa shape index (κ2) is 8.28. The van der Waals surface area contributed by atoms with Crippen LogP contribution in [-0.4, -0.2) is 23.5 Å². The maximum Gasteiger partial charge on any atom is 0.270 e. The Balaban J connectivity index is 1.41. The Morgan fingerprint density at radius 2 is 1.72 bits per heavy atom. The number of rotatable bonds is 4. The number of carbonyl (C=O) groups excluding carboxylic acids is 2. The fourth-order valence-electron chi connectivity index (χ4n) is 3.64. The number of amides is 2. The molecule has 32 heavy (non-hydrogen) atoms. The topological polar surface area (TPSA) is 67.9 Å². The van der Waals surface area contributed by atoms with Crippen molar-refractivity contribution in [3.8, 4) is 17.2 Å². The molecule has 2 heterocycles. The summed E-state index contributed by atoms with van der Waals surface area (Å²) < 4.78 is 11.3. The molecule has 0 unspecified atom stereocenters. The number of para-hydroxylation sites is 1. The average Bonchev–Trinajstić information content (AvgIpc) is 3.26. The van der Waals surface area contributed by atoms with E-state index >= 15 is 0 Å². The lowest BCUT2D eigenvalue weighted by Gasteiger charge is -2.29. The number of fused-ring (bicyclic) bond motifs is 1. The van der Waals surface area contributed by atoms with E-state index < -0.39 is 11.8 Å². The molecule has 158 valence electrons. The zero-order chi connectivity index (χ0) is 22.1. The quantitative estimate of drug-likeness (QED) is 0.372. The molecule has 1 saturated heterocycles. The van der Waals surface area contributed by atoms with E-state index in [1.807, 2.05) is 48.5 Å². The predicted octanol–water partition coefficient (Wildman–Crippen LogP) is 4.25. The van der Waals surface area contributed by atoms with Crippen LogP contribution in [0.5, 0.6) is 17.2 Å². The number of anilines is 1. The van der Waals surface area contributed by atoms with Gasteiger partial charge in [0.15, 0.2) is 5.11 Å². The van der Waals surface area contributed by atoms with Crippen molar-refractivity contribution < 1.29 is 19.1 Å². The molecular weight excluding hydrogens is 424 g/mol. The van der Waals surface area contributed by atoms with Crippen molar-refractivity contribution in [2.45, 2.75) is 6.42 Å². The molecule has 2 aliphatic heterocycles. The number of hydrogen-bond acceptors (Lipinski definition) is 5. The molecular formula is C25H18N2O4S. The number of thiocarbonyl (C=S) groups is 1. The van der Waals surface area contributed by atoms with Gasteiger partial charge in [-0.1, -0.05) is 24.3 Å². The number of ether oxygens (including phenoxy) is 2. The first-order valence-electron chi connectivity index (χ1n) is 10.1. The van der Waals surface area contributed by atoms with Crippen molar-refractivity contribution >= 4 is 40.9 Å². The first-order valence-corrected chi connectivity index (χ1v) is 10.5. The summed E-state index contributed by atoms with van der Waals surface area (Å²) in [5.41, 5.74) is 2.37. The fourth-order valence-corrected chi connectivity index (χ4v) is 3.92. The lowest BCUT2D eigenvalue weighted by molar-refractivity contribution is -0.122. The van der Waals surface area contributed by atoms with Crippen LogP contribution in [0.25, 0.3) is 6.08 Å². The van der Waals surface area contributed by atoms with Crippen molar-refractivity contribution in [1.29, 1.82) is 0 Å². The highest BCUT2D eigenvalue weighted by molar-refractivity contribution is 7.80. The summed E-state index contributed by atoms with van der Waals surface area (Å²) >= 11 is 5.28. The third-order valence-corrected chi connectivity index (χ3v) is 5.48. The molecule has 2 amide bonds. The van der Waals surface area contributed by atoms with Crippen LogP contribution in [0.15, 0.2) is 78.4 Å². The van der Waals surface area contributed by atoms with Crippen LogP contribution in [0.3, 0.4) is 0 Å². The average molecular weight is 442 g/mol. The van der Waals surface area contributed by atoms with Gasteiger partial charge in [0, 0.05) is 6.42 Å². The van der Waals surface area contributed by atoms with E-state index in [4.69, 9.17) is 21.7 Å². The first kappa shape index (κ1) is 20.0. The Morgan fingerprint density at radius 1 is 0.969 bits per heavy atom. The Hall–Kier alpha value is -3.97. The molecule has 0 atom stereocenters. The SMILES string of the molecule is O=C1NC(=S)N(c2ccc(Oc3ccccc3)cc2)C(=O)/C1=C\c1ccc2c(c1)CCO2. The number of hydrogen-bond donors (Lipinski definition) is 1. The number of carbonyl (C=O) groups is 2. The van der Waals surface area contributed by atoms with Gasteiger partial charge in [-0.2, -0.15) is 0 Å². The zero-order valence-electron chi connectivity index (χ0n) is 16.9. The molecule has 0 aromatic heterocycles. The molecule has 5 rings (SSSR count). The van der Waals surface area contributed by atoms with E-state index in [0.29, 0.717) is 23.8 Å². The van der Waals surface area contributed by atoms with Gasteiger partial charge >= 0.3 is 0 Å². The van der Waals surface area contributed by atoms with Crippen molar-refractivity contribution in [2.75, 3.05) is 11.5 Å². The van der Waals surface area contributed by atoms with E-state index in [-0.39, 0.29) is 10.7 Å². The number of benzene rings is 3. The third kappa shape index (κ3) is 3.86. The van der Waals surface area contributed by atoms with Crippen LogP contribution in [0, 0.1) is 0 Å².